The van der Waals surface area contributed by atoms with Crippen LogP contribution < -0.4 is 0 Å². The Hall–Kier alpha value is -2.71. The number of hydrogen-bond acceptors (Lipinski definition) is 2. The molecule has 3 aromatic rings. The maximum atomic E-state index is 12.7. The van der Waals surface area contributed by atoms with Crippen LogP contribution in [0.1, 0.15) is 27.2 Å². The van der Waals surface area contributed by atoms with E-state index in [9.17, 15) is 4.79 Å². The first-order chi connectivity index (χ1) is 12.1. The van der Waals surface area contributed by atoms with E-state index >= 15 is 0 Å². The molecule has 0 spiro atoms. The van der Waals surface area contributed by atoms with Crippen molar-refractivity contribution in [3.8, 4) is 11.1 Å². The van der Waals surface area contributed by atoms with Gasteiger partial charge in [-0.1, -0.05) is 72.8 Å². The third-order valence-corrected chi connectivity index (χ3v) is 4.53. The predicted molar refractivity (Wildman–Crippen MR) is 104 cm³/mol. The zero-order chi connectivity index (χ0) is 17.8. The van der Waals surface area contributed by atoms with Crippen molar-refractivity contribution >= 4 is 23.5 Å². The number of hydrogen-bond donors (Lipinski definition) is 0. The first-order valence-corrected chi connectivity index (χ1v) is 8.43. The van der Waals surface area contributed by atoms with Gasteiger partial charge < -0.3 is 0 Å². The van der Waals surface area contributed by atoms with Crippen LogP contribution in [0.5, 0.6) is 0 Å². The third kappa shape index (κ3) is 3.70. The molecule has 3 rings (SSSR count). The Morgan fingerprint density at radius 3 is 2.60 bits per heavy atom. The Balaban J connectivity index is 1.91. The molecule has 25 heavy (non-hydrogen) atoms. The van der Waals surface area contributed by atoms with Crippen molar-refractivity contribution < 1.29 is 4.79 Å². The van der Waals surface area contributed by atoms with Crippen molar-refractivity contribution in [3.05, 3.63) is 94.8 Å². The molecule has 124 valence electrons. The van der Waals surface area contributed by atoms with Gasteiger partial charge >= 0.3 is 0 Å². The molecule has 2 aromatic carbocycles. The summed E-state index contributed by atoms with van der Waals surface area (Å²) in [7, 11) is 0. The van der Waals surface area contributed by atoms with Crippen LogP contribution in [0.3, 0.4) is 0 Å². The van der Waals surface area contributed by atoms with Gasteiger partial charge in [0.15, 0.2) is 5.78 Å². The average molecular weight is 348 g/mol. The fourth-order valence-corrected chi connectivity index (χ4v) is 3.11. The van der Waals surface area contributed by atoms with E-state index in [4.69, 9.17) is 11.6 Å². The number of benzene rings is 2. The number of pyridine rings is 1. The lowest BCUT2D eigenvalue weighted by molar-refractivity contribution is 0.0988. The van der Waals surface area contributed by atoms with Crippen molar-refractivity contribution in [1.29, 1.82) is 0 Å². The third-order valence-electron chi connectivity index (χ3n) is 4.24. The maximum Gasteiger partial charge on any atom is 0.187 e. The second kappa shape index (κ2) is 7.45. The molecule has 0 saturated carbocycles. The monoisotopic (exact) mass is 347 g/mol. The van der Waals surface area contributed by atoms with Gasteiger partial charge in [0.05, 0.1) is 5.02 Å². The van der Waals surface area contributed by atoms with Crippen LogP contribution in [0.25, 0.3) is 17.2 Å². The molecular weight excluding hydrogens is 330 g/mol. The van der Waals surface area contributed by atoms with E-state index in [0.29, 0.717) is 10.7 Å². The highest BCUT2D eigenvalue weighted by Crippen LogP contribution is 2.27. The number of carbonyl (C=O) groups excluding carboxylic acids is 1. The van der Waals surface area contributed by atoms with Gasteiger partial charge in [0.25, 0.3) is 0 Å². The van der Waals surface area contributed by atoms with E-state index in [1.807, 2.05) is 37.3 Å². The van der Waals surface area contributed by atoms with Crippen molar-refractivity contribution in [3.63, 3.8) is 0 Å². The summed E-state index contributed by atoms with van der Waals surface area (Å²) >= 11 is 6.21. The van der Waals surface area contributed by atoms with E-state index in [2.05, 4.69) is 29.8 Å². The van der Waals surface area contributed by atoms with Crippen molar-refractivity contribution in [1.82, 2.24) is 4.98 Å². The molecule has 0 saturated heterocycles. The number of Topliss-reactive ketones (excluding diaryl/α,β-unsaturated/α-hetero) is 1. The SMILES string of the molecule is C=Cc1cnc(C(=O)Cc2cccc(-c3ccccc3)c2C)c(Cl)c1. The lowest BCUT2D eigenvalue weighted by Gasteiger charge is -2.11. The molecule has 0 aliphatic rings. The summed E-state index contributed by atoms with van der Waals surface area (Å²) in [6, 6.07) is 17.9. The number of rotatable bonds is 5. The van der Waals surface area contributed by atoms with Crippen LogP contribution in [0.2, 0.25) is 5.02 Å². The fraction of sp³-hybridized carbons (Fsp3) is 0.0909. The van der Waals surface area contributed by atoms with Crippen molar-refractivity contribution in [2.45, 2.75) is 13.3 Å². The summed E-state index contributed by atoms with van der Waals surface area (Å²) in [5.41, 5.74) is 5.45. The summed E-state index contributed by atoms with van der Waals surface area (Å²) < 4.78 is 0. The molecule has 0 atom stereocenters. The Bertz CT molecular complexity index is 932. The minimum atomic E-state index is -0.0890. The molecule has 0 N–H and O–H groups in total. The highest BCUT2D eigenvalue weighted by Gasteiger charge is 2.15. The lowest BCUT2D eigenvalue weighted by Crippen LogP contribution is -2.08. The van der Waals surface area contributed by atoms with Gasteiger partial charge in [-0.15, -0.1) is 0 Å². The van der Waals surface area contributed by atoms with Crippen LogP contribution in [0, 0.1) is 6.92 Å². The Kier molecular flexibility index (Phi) is 5.11. The van der Waals surface area contributed by atoms with E-state index in [0.717, 1.165) is 27.8 Å². The number of aromatic nitrogens is 1. The first kappa shape index (κ1) is 17.1. The number of halogens is 1. The minimum absolute atomic E-state index is 0.0890. The average Bonchev–Trinajstić information content (AvgIpc) is 2.64. The molecule has 0 unspecified atom stereocenters. The zero-order valence-corrected chi connectivity index (χ0v) is 14.8. The smallest absolute Gasteiger partial charge is 0.187 e. The van der Waals surface area contributed by atoms with Gasteiger partial charge in [0, 0.05) is 12.6 Å². The number of carbonyl (C=O) groups is 1. The van der Waals surface area contributed by atoms with Crippen LogP contribution in [-0.2, 0) is 6.42 Å². The number of nitrogens with zero attached hydrogens (tertiary/aromatic N) is 1. The van der Waals surface area contributed by atoms with Gasteiger partial charge in [-0.2, -0.15) is 0 Å². The highest BCUT2D eigenvalue weighted by atomic mass is 35.5. The molecule has 0 radical (unpaired) electrons. The summed E-state index contributed by atoms with van der Waals surface area (Å²) in [4.78, 5) is 16.9. The molecule has 0 bridgehead atoms. The summed E-state index contributed by atoms with van der Waals surface area (Å²) in [6.45, 7) is 5.72. The van der Waals surface area contributed by atoms with Gasteiger partial charge in [-0.05, 0) is 40.8 Å². The standard InChI is InChI=1S/C22H18ClNO/c1-3-16-12-20(23)22(24-14-16)21(25)13-18-10-7-11-19(15(18)2)17-8-5-4-6-9-17/h3-12,14H,1,13H2,2H3. The molecule has 0 amide bonds. The van der Waals surface area contributed by atoms with Gasteiger partial charge in [-0.3, -0.25) is 9.78 Å². The van der Waals surface area contributed by atoms with Gasteiger partial charge in [-0.25, -0.2) is 0 Å². The van der Waals surface area contributed by atoms with Crippen LogP contribution in [0.4, 0.5) is 0 Å². The summed E-state index contributed by atoms with van der Waals surface area (Å²) in [5.74, 6) is -0.0890. The quantitative estimate of drug-likeness (QED) is 0.547. The fourth-order valence-electron chi connectivity index (χ4n) is 2.83. The van der Waals surface area contributed by atoms with E-state index < -0.39 is 0 Å². The second-order valence-corrected chi connectivity index (χ2v) is 6.27. The highest BCUT2D eigenvalue weighted by molar-refractivity contribution is 6.33. The largest absolute Gasteiger partial charge is 0.292 e. The molecule has 1 heterocycles. The first-order valence-electron chi connectivity index (χ1n) is 8.05. The molecule has 0 aliphatic heterocycles. The number of ketones is 1. The molecule has 2 nitrogen and oxygen atoms in total. The molecule has 3 heteroatoms. The predicted octanol–water partition coefficient (Wildman–Crippen LogP) is 5.78. The second-order valence-electron chi connectivity index (χ2n) is 5.86. The Morgan fingerprint density at radius 1 is 1.16 bits per heavy atom. The maximum absolute atomic E-state index is 12.7. The van der Waals surface area contributed by atoms with E-state index in [-0.39, 0.29) is 12.2 Å². The minimum Gasteiger partial charge on any atom is -0.292 e. The van der Waals surface area contributed by atoms with E-state index in [1.165, 1.54) is 0 Å². The van der Waals surface area contributed by atoms with Crippen molar-refractivity contribution in [2.75, 3.05) is 0 Å². The van der Waals surface area contributed by atoms with Crippen LogP contribution in [0.15, 0.2) is 67.4 Å². The molecular formula is C22H18ClNO. The molecule has 1 aromatic heterocycles. The van der Waals surface area contributed by atoms with E-state index in [1.54, 1.807) is 18.3 Å². The summed E-state index contributed by atoms with van der Waals surface area (Å²) in [6.07, 6.45) is 3.53. The molecule has 0 fully saturated rings. The Labute approximate surface area is 152 Å². The summed E-state index contributed by atoms with van der Waals surface area (Å²) in [5, 5.41) is 0.360. The van der Waals surface area contributed by atoms with Gasteiger partial charge in [0.2, 0.25) is 0 Å². The normalized spacial score (nSPS) is 10.5. The van der Waals surface area contributed by atoms with Crippen LogP contribution in [-0.4, -0.2) is 10.8 Å². The van der Waals surface area contributed by atoms with Crippen LogP contribution >= 0.6 is 11.6 Å². The molecule has 0 aliphatic carbocycles. The zero-order valence-electron chi connectivity index (χ0n) is 14.0. The van der Waals surface area contributed by atoms with Crippen molar-refractivity contribution in [2.24, 2.45) is 0 Å². The Morgan fingerprint density at radius 2 is 1.92 bits per heavy atom. The topological polar surface area (TPSA) is 30.0 Å². The lowest BCUT2D eigenvalue weighted by atomic mass is 9.93. The van der Waals surface area contributed by atoms with Gasteiger partial charge in [0.1, 0.15) is 5.69 Å².